The van der Waals surface area contributed by atoms with Crippen LogP contribution in [-0.2, 0) is 4.74 Å². The fourth-order valence-corrected chi connectivity index (χ4v) is 1.91. The minimum atomic E-state index is 0.362. The van der Waals surface area contributed by atoms with Crippen LogP contribution in [0.15, 0.2) is 58.2 Å². The van der Waals surface area contributed by atoms with Crippen LogP contribution in [0.1, 0.15) is 6.92 Å². The van der Waals surface area contributed by atoms with Crippen LogP contribution in [0.3, 0.4) is 0 Å². The predicted octanol–water partition coefficient (Wildman–Crippen LogP) is 1.03. The third-order valence-corrected chi connectivity index (χ3v) is 3.18. The average Bonchev–Trinajstić information content (AvgIpc) is 2.44. The molecule has 1 heterocycles. The topological polar surface area (TPSA) is 76.9 Å². The molecule has 0 atom stereocenters. The summed E-state index contributed by atoms with van der Waals surface area (Å²) >= 11 is 0. The Kier molecular flexibility index (Phi) is 4.45. The smallest absolute Gasteiger partial charge is 0.128 e. The largest absolute Gasteiger partial charge is 0.385 e. The first kappa shape index (κ1) is 14.2. The third-order valence-electron chi connectivity index (χ3n) is 3.18. The summed E-state index contributed by atoms with van der Waals surface area (Å²) < 4.78 is 5.28. The number of ether oxygens (including phenoxy) is 1. The summed E-state index contributed by atoms with van der Waals surface area (Å²) in [5.74, 6) is 0.974. The van der Waals surface area contributed by atoms with Gasteiger partial charge in [0.05, 0.1) is 13.2 Å². The van der Waals surface area contributed by atoms with Crippen molar-refractivity contribution in [3.8, 4) is 0 Å². The average molecular weight is 272 g/mol. The summed E-state index contributed by atoms with van der Waals surface area (Å²) in [6, 6.07) is 0. The van der Waals surface area contributed by atoms with Gasteiger partial charge in [-0.1, -0.05) is 12.3 Å². The van der Waals surface area contributed by atoms with Gasteiger partial charge in [0.2, 0.25) is 0 Å². The molecule has 0 unspecified atom stereocenters. The molecule has 5 heteroatoms. The van der Waals surface area contributed by atoms with Gasteiger partial charge in [0.25, 0.3) is 0 Å². The molecule has 0 amide bonds. The molecular weight excluding hydrogens is 252 g/mol. The summed E-state index contributed by atoms with van der Waals surface area (Å²) in [5.41, 5.74) is 17.6. The lowest BCUT2D eigenvalue weighted by atomic mass is 10.1. The monoisotopic (exact) mass is 272 g/mol. The van der Waals surface area contributed by atoms with Gasteiger partial charge in [-0.25, -0.2) is 4.99 Å². The highest BCUT2D eigenvalue weighted by Crippen LogP contribution is 2.16. The molecule has 20 heavy (non-hydrogen) atoms. The molecule has 0 aromatic heterocycles. The van der Waals surface area contributed by atoms with E-state index >= 15 is 0 Å². The second kappa shape index (κ2) is 6.28. The number of rotatable bonds is 3. The summed E-state index contributed by atoms with van der Waals surface area (Å²) in [6.45, 7) is 8.78. The van der Waals surface area contributed by atoms with Gasteiger partial charge in [-0.05, 0) is 30.2 Å². The number of hydrogen-bond acceptors (Lipinski definition) is 4. The zero-order valence-corrected chi connectivity index (χ0v) is 11.7. The van der Waals surface area contributed by atoms with Crippen LogP contribution >= 0.6 is 0 Å². The number of morpholine rings is 1. The Bertz CT molecular complexity index is 556. The molecule has 0 spiro atoms. The second-order valence-corrected chi connectivity index (χ2v) is 4.73. The molecule has 0 saturated carbocycles. The fourth-order valence-electron chi connectivity index (χ4n) is 1.91. The summed E-state index contributed by atoms with van der Waals surface area (Å²) in [7, 11) is 0. The normalized spacial score (nSPS) is 20.9. The quantitative estimate of drug-likeness (QED) is 0.457. The molecule has 0 aromatic carbocycles. The van der Waals surface area contributed by atoms with Crippen molar-refractivity contribution in [1.29, 1.82) is 0 Å². The van der Waals surface area contributed by atoms with Gasteiger partial charge < -0.3 is 21.1 Å². The molecule has 5 nitrogen and oxygen atoms in total. The minimum Gasteiger partial charge on any atom is -0.385 e. The number of allylic oxidation sites excluding steroid dienone is 3. The molecular formula is C15H20N4O. The van der Waals surface area contributed by atoms with Crippen LogP contribution in [0, 0.1) is 0 Å². The van der Waals surface area contributed by atoms with E-state index in [-0.39, 0.29) is 0 Å². The van der Waals surface area contributed by atoms with E-state index < -0.39 is 0 Å². The Labute approximate surface area is 119 Å². The van der Waals surface area contributed by atoms with E-state index in [2.05, 4.69) is 17.3 Å². The number of nitrogens with zero attached hydrogens (tertiary/aromatic N) is 2. The van der Waals surface area contributed by atoms with Crippen LogP contribution in [0.2, 0.25) is 0 Å². The zero-order chi connectivity index (χ0) is 14.5. The van der Waals surface area contributed by atoms with Crippen LogP contribution in [0.4, 0.5) is 0 Å². The van der Waals surface area contributed by atoms with Gasteiger partial charge in [0, 0.05) is 19.2 Å². The van der Waals surface area contributed by atoms with Crippen molar-refractivity contribution in [2.24, 2.45) is 16.5 Å². The van der Waals surface area contributed by atoms with Crippen molar-refractivity contribution >= 4 is 5.84 Å². The maximum absolute atomic E-state index is 6.01. The van der Waals surface area contributed by atoms with Crippen LogP contribution in [0.5, 0.6) is 0 Å². The van der Waals surface area contributed by atoms with Gasteiger partial charge in [-0.2, -0.15) is 0 Å². The Balaban J connectivity index is 2.11. The lowest BCUT2D eigenvalue weighted by Crippen LogP contribution is -2.38. The Hall–Kier alpha value is -2.23. The van der Waals surface area contributed by atoms with Crippen molar-refractivity contribution in [2.45, 2.75) is 6.92 Å². The molecule has 0 radical (unpaired) electrons. The molecule has 0 bridgehead atoms. The van der Waals surface area contributed by atoms with Crippen LogP contribution in [-0.4, -0.2) is 37.0 Å². The Morgan fingerprint density at radius 3 is 2.80 bits per heavy atom. The van der Waals surface area contributed by atoms with E-state index in [1.165, 1.54) is 0 Å². The van der Waals surface area contributed by atoms with Gasteiger partial charge in [-0.3, -0.25) is 0 Å². The lowest BCUT2D eigenvalue weighted by Gasteiger charge is -2.28. The highest BCUT2D eigenvalue weighted by molar-refractivity contribution is 5.92. The molecule has 1 fully saturated rings. The van der Waals surface area contributed by atoms with Gasteiger partial charge >= 0.3 is 0 Å². The summed E-state index contributed by atoms with van der Waals surface area (Å²) in [6.07, 6.45) is 5.37. The van der Waals surface area contributed by atoms with Crippen molar-refractivity contribution in [2.75, 3.05) is 26.3 Å². The molecule has 4 N–H and O–H groups in total. The van der Waals surface area contributed by atoms with E-state index in [1.807, 2.05) is 17.9 Å². The first-order valence-electron chi connectivity index (χ1n) is 6.54. The van der Waals surface area contributed by atoms with E-state index in [0.29, 0.717) is 30.6 Å². The highest BCUT2D eigenvalue weighted by atomic mass is 16.5. The summed E-state index contributed by atoms with van der Waals surface area (Å²) in [5, 5.41) is 0. The van der Waals surface area contributed by atoms with Crippen molar-refractivity contribution in [3.63, 3.8) is 0 Å². The number of amidine groups is 1. The molecule has 1 aliphatic carbocycles. The Morgan fingerprint density at radius 2 is 2.15 bits per heavy atom. The van der Waals surface area contributed by atoms with Crippen LogP contribution < -0.4 is 11.5 Å². The maximum atomic E-state index is 6.01. The van der Waals surface area contributed by atoms with Crippen molar-refractivity contribution in [3.05, 3.63) is 53.2 Å². The number of hydrogen-bond donors (Lipinski definition) is 2. The molecule has 106 valence electrons. The van der Waals surface area contributed by atoms with E-state index in [9.17, 15) is 0 Å². The first-order valence-corrected chi connectivity index (χ1v) is 6.54. The minimum absolute atomic E-state index is 0.362. The maximum Gasteiger partial charge on any atom is 0.128 e. The van der Waals surface area contributed by atoms with Gasteiger partial charge in [-0.15, -0.1) is 0 Å². The number of nitrogens with two attached hydrogens (primary N) is 2. The predicted molar refractivity (Wildman–Crippen MR) is 80.8 cm³/mol. The molecule has 2 aliphatic rings. The van der Waals surface area contributed by atoms with Crippen LogP contribution in [0.25, 0.3) is 0 Å². The fraction of sp³-hybridized carbons (Fsp3) is 0.333. The summed E-state index contributed by atoms with van der Waals surface area (Å²) in [4.78, 5) is 6.32. The van der Waals surface area contributed by atoms with E-state index in [4.69, 9.17) is 16.2 Å². The molecule has 1 aliphatic heterocycles. The second-order valence-electron chi connectivity index (χ2n) is 4.73. The SMILES string of the molecule is C=C1C=C=C(N=C(N)/C=C(\N)N2CCOCC2)C=C1C. The highest BCUT2D eigenvalue weighted by Gasteiger charge is 2.11. The van der Waals surface area contributed by atoms with Crippen molar-refractivity contribution < 1.29 is 4.74 Å². The molecule has 1 saturated heterocycles. The van der Waals surface area contributed by atoms with E-state index in [1.54, 1.807) is 12.2 Å². The Morgan fingerprint density at radius 1 is 1.45 bits per heavy atom. The van der Waals surface area contributed by atoms with Gasteiger partial charge in [0.1, 0.15) is 17.4 Å². The standard InChI is InChI=1S/C15H20N4O/c1-11-3-4-13(9-12(11)2)18-14(16)10-15(17)19-5-7-20-8-6-19/h3,9-10H,1,5-8,17H2,2H3,(H2,16,18)/b15-10+. The first-order chi connectivity index (χ1) is 9.56. The lowest BCUT2D eigenvalue weighted by molar-refractivity contribution is 0.0531. The molecule has 0 aromatic rings. The van der Waals surface area contributed by atoms with E-state index in [0.717, 1.165) is 24.2 Å². The molecule has 2 rings (SSSR count). The van der Waals surface area contributed by atoms with Crippen molar-refractivity contribution in [1.82, 2.24) is 4.90 Å². The zero-order valence-electron chi connectivity index (χ0n) is 11.7. The number of aliphatic imine (C=N–C) groups is 1. The third kappa shape index (κ3) is 3.63. The van der Waals surface area contributed by atoms with Gasteiger partial charge in [0.15, 0.2) is 0 Å².